The minimum absolute atomic E-state index is 0.0356. The summed E-state index contributed by atoms with van der Waals surface area (Å²) < 4.78 is 31.9. The van der Waals surface area contributed by atoms with Crippen LogP contribution in [0.3, 0.4) is 0 Å². The lowest BCUT2D eigenvalue weighted by molar-refractivity contribution is -0.100. The maximum Gasteiger partial charge on any atom is 0.216 e. The van der Waals surface area contributed by atoms with E-state index in [1.165, 1.54) is 12.8 Å². The van der Waals surface area contributed by atoms with Crippen molar-refractivity contribution >= 4 is 10.0 Å². The van der Waals surface area contributed by atoms with Crippen LogP contribution in [0.5, 0.6) is 0 Å². The molecular formula is C20H37N5O4S. The molecule has 9 nitrogen and oxygen atoms in total. The molecule has 5 fully saturated rings. The van der Waals surface area contributed by atoms with Gasteiger partial charge in [-0.2, -0.15) is 5.48 Å². The Balaban J connectivity index is 1.13. The van der Waals surface area contributed by atoms with Gasteiger partial charge in [0, 0.05) is 31.6 Å². The van der Waals surface area contributed by atoms with E-state index in [2.05, 4.69) is 21.2 Å². The fourth-order valence-electron chi connectivity index (χ4n) is 5.84. The molecule has 0 aromatic rings. The lowest BCUT2D eigenvalue weighted by atomic mass is 9.77. The summed E-state index contributed by atoms with van der Waals surface area (Å²) >= 11 is 0. The van der Waals surface area contributed by atoms with Crippen LogP contribution in [0.2, 0.25) is 0 Å². The standard InChI is InChI=1S/C20H37N5O4S/c1-13(2)30(26,27)24-7-5-14(6-8-24)19-22-20(29-23-19)15-3-4-16-10-21-25(18(16)9-15)17-11-28-12-17/h13-23H,3-12H2,1-2H3. The number of piperidine rings is 1. The highest BCUT2D eigenvalue weighted by Gasteiger charge is 2.47. The van der Waals surface area contributed by atoms with Crippen molar-refractivity contribution in [2.24, 2.45) is 17.8 Å². The Hall–Kier alpha value is -0.330. The number of hydrogen-bond acceptors (Lipinski definition) is 8. The van der Waals surface area contributed by atoms with Crippen LogP contribution in [0.25, 0.3) is 0 Å². The highest BCUT2D eigenvalue weighted by Crippen LogP contribution is 2.39. The number of sulfonamides is 1. The van der Waals surface area contributed by atoms with Gasteiger partial charge in [-0.05, 0) is 57.8 Å². The van der Waals surface area contributed by atoms with E-state index in [1.807, 2.05) is 0 Å². The van der Waals surface area contributed by atoms with Gasteiger partial charge in [0.1, 0.15) is 6.23 Å². The first-order valence-corrected chi connectivity index (χ1v) is 13.2. The molecule has 5 unspecified atom stereocenters. The van der Waals surface area contributed by atoms with Crippen LogP contribution in [0.1, 0.15) is 46.0 Å². The van der Waals surface area contributed by atoms with Gasteiger partial charge in [0.2, 0.25) is 10.0 Å². The number of hydroxylamine groups is 1. The molecule has 1 saturated carbocycles. The molecule has 5 atom stereocenters. The summed E-state index contributed by atoms with van der Waals surface area (Å²) in [6.07, 6.45) is 5.44. The summed E-state index contributed by atoms with van der Waals surface area (Å²) in [6.45, 7) is 7.49. The number of nitrogens with zero attached hydrogens (tertiary/aromatic N) is 2. The topological polar surface area (TPSA) is 95.2 Å². The highest BCUT2D eigenvalue weighted by atomic mass is 32.2. The smallest absolute Gasteiger partial charge is 0.216 e. The quantitative estimate of drug-likeness (QED) is 0.555. The Bertz CT molecular complexity index is 710. The molecule has 172 valence electrons. The molecule has 0 aromatic carbocycles. The molecule has 4 aliphatic heterocycles. The summed E-state index contributed by atoms with van der Waals surface area (Å²) in [5.74, 6) is 1.62. The van der Waals surface area contributed by atoms with Crippen molar-refractivity contribution in [1.82, 2.24) is 25.5 Å². The lowest BCUT2D eigenvalue weighted by Crippen LogP contribution is -2.57. The zero-order valence-electron chi connectivity index (χ0n) is 18.1. The molecule has 5 aliphatic rings. The van der Waals surface area contributed by atoms with E-state index < -0.39 is 10.0 Å². The molecule has 0 spiro atoms. The van der Waals surface area contributed by atoms with Crippen molar-refractivity contribution < 1.29 is 18.0 Å². The summed E-state index contributed by atoms with van der Waals surface area (Å²) in [7, 11) is -3.15. The van der Waals surface area contributed by atoms with Crippen molar-refractivity contribution in [2.45, 2.75) is 75.7 Å². The van der Waals surface area contributed by atoms with Gasteiger partial charge in [0.15, 0.2) is 0 Å². The molecule has 0 aromatic heterocycles. The Labute approximate surface area is 180 Å². The maximum atomic E-state index is 12.4. The molecule has 4 heterocycles. The highest BCUT2D eigenvalue weighted by molar-refractivity contribution is 7.89. The van der Waals surface area contributed by atoms with Gasteiger partial charge in [0.05, 0.1) is 30.7 Å². The molecule has 3 N–H and O–H groups in total. The minimum Gasteiger partial charge on any atom is -0.378 e. The Morgan fingerprint density at radius 3 is 2.40 bits per heavy atom. The molecule has 30 heavy (non-hydrogen) atoms. The number of hydrogen-bond donors (Lipinski definition) is 3. The first kappa shape index (κ1) is 21.5. The van der Waals surface area contributed by atoms with Crippen LogP contribution in [-0.2, 0) is 19.6 Å². The molecule has 0 bridgehead atoms. The number of rotatable bonds is 5. The van der Waals surface area contributed by atoms with E-state index in [9.17, 15) is 8.42 Å². The van der Waals surface area contributed by atoms with E-state index in [4.69, 9.17) is 9.57 Å². The first-order valence-electron chi connectivity index (χ1n) is 11.7. The second-order valence-electron chi connectivity index (χ2n) is 9.99. The molecule has 1 aliphatic carbocycles. The SMILES string of the molecule is CC(C)S(=O)(=O)N1CCC(C2NOC(C3CCC4CNN(C5COC5)C4C3)N2)CC1. The van der Waals surface area contributed by atoms with E-state index in [-0.39, 0.29) is 17.6 Å². The van der Waals surface area contributed by atoms with Gasteiger partial charge in [-0.3, -0.25) is 15.6 Å². The van der Waals surface area contributed by atoms with E-state index in [1.54, 1.807) is 18.2 Å². The predicted molar refractivity (Wildman–Crippen MR) is 112 cm³/mol. The van der Waals surface area contributed by atoms with Crippen LogP contribution in [0, 0.1) is 17.8 Å². The normalized spacial score (nSPS) is 40.0. The van der Waals surface area contributed by atoms with E-state index >= 15 is 0 Å². The van der Waals surface area contributed by atoms with Gasteiger partial charge in [-0.15, -0.1) is 0 Å². The van der Waals surface area contributed by atoms with Gasteiger partial charge in [-0.25, -0.2) is 17.7 Å². The lowest BCUT2D eigenvalue weighted by Gasteiger charge is -2.42. The van der Waals surface area contributed by atoms with Crippen LogP contribution in [-0.4, -0.2) is 80.3 Å². The molecule has 0 radical (unpaired) electrons. The van der Waals surface area contributed by atoms with Crippen molar-refractivity contribution in [3.05, 3.63) is 0 Å². The van der Waals surface area contributed by atoms with Crippen molar-refractivity contribution in [1.29, 1.82) is 0 Å². The fraction of sp³-hybridized carbons (Fsp3) is 1.00. The van der Waals surface area contributed by atoms with E-state index in [0.29, 0.717) is 37.0 Å². The summed E-state index contributed by atoms with van der Waals surface area (Å²) in [5, 5.41) is 5.81. The molecule has 10 heteroatoms. The van der Waals surface area contributed by atoms with Gasteiger partial charge < -0.3 is 4.74 Å². The summed E-state index contributed by atoms with van der Waals surface area (Å²) in [6, 6.07) is 1.10. The van der Waals surface area contributed by atoms with Crippen molar-refractivity contribution in [2.75, 3.05) is 32.8 Å². The maximum absolute atomic E-state index is 12.4. The third-order valence-corrected chi connectivity index (χ3v) is 10.2. The monoisotopic (exact) mass is 443 g/mol. The molecule has 5 rings (SSSR count). The Morgan fingerprint density at radius 2 is 1.73 bits per heavy atom. The molecule has 0 amide bonds. The van der Waals surface area contributed by atoms with Crippen molar-refractivity contribution in [3.63, 3.8) is 0 Å². The summed E-state index contributed by atoms with van der Waals surface area (Å²) in [5.41, 5.74) is 6.86. The predicted octanol–water partition coefficient (Wildman–Crippen LogP) is 0.217. The zero-order valence-corrected chi connectivity index (χ0v) is 18.9. The molecular weight excluding hydrogens is 406 g/mol. The third-order valence-electron chi connectivity index (χ3n) is 7.92. The largest absolute Gasteiger partial charge is 0.378 e. The Kier molecular flexibility index (Phi) is 6.13. The number of hydrazine groups is 1. The zero-order chi connectivity index (χ0) is 20.9. The van der Waals surface area contributed by atoms with Gasteiger partial charge >= 0.3 is 0 Å². The van der Waals surface area contributed by atoms with Crippen LogP contribution >= 0.6 is 0 Å². The fourth-order valence-corrected chi connectivity index (χ4v) is 7.15. The number of ether oxygens (including phenoxy) is 1. The van der Waals surface area contributed by atoms with Gasteiger partial charge in [0.25, 0.3) is 0 Å². The molecule has 4 saturated heterocycles. The number of fused-ring (bicyclic) bond motifs is 1. The van der Waals surface area contributed by atoms with E-state index in [0.717, 1.165) is 44.9 Å². The number of nitrogens with one attached hydrogen (secondary N) is 3. The average Bonchev–Trinajstić information content (AvgIpc) is 3.34. The van der Waals surface area contributed by atoms with Crippen molar-refractivity contribution in [3.8, 4) is 0 Å². The average molecular weight is 444 g/mol. The minimum atomic E-state index is -3.15. The van der Waals surface area contributed by atoms with Crippen LogP contribution < -0.4 is 16.2 Å². The second kappa shape index (κ2) is 8.55. The summed E-state index contributed by atoms with van der Waals surface area (Å²) in [4.78, 5) is 6.02. The Morgan fingerprint density at radius 1 is 1.00 bits per heavy atom. The van der Waals surface area contributed by atoms with Crippen LogP contribution in [0.15, 0.2) is 0 Å². The first-order chi connectivity index (χ1) is 14.4. The third kappa shape index (κ3) is 3.94. The second-order valence-corrected chi connectivity index (χ2v) is 12.5. The van der Waals surface area contributed by atoms with Crippen LogP contribution in [0.4, 0.5) is 0 Å². The van der Waals surface area contributed by atoms with Gasteiger partial charge in [-0.1, -0.05) is 0 Å².